The second kappa shape index (κ2) is 9.67. The van der Waals surface area contributed by atoms with Gasteiger partial charge in [0.05, 0.1) is 23.5 Å². The average molecular weight is 398 g/mol. The maximum absolute atomic E-state index is 12.4. The monoisotopic (exact) mass is 397 g/mol. The number of carbonyl (C=O) groups excluding carboxylic acids is 2. The minimum Gasteiger partial charge on any atom is -0.352 e. The number of rotatable bonds is 7. The van der Waals surface area contributed by atoms with Crippen molar-refractivity contribution in [3.8, 4) is 0 Å². The van der Waals surface area contributed by atoms with Crippen molar-refractivity contribution in [3.05, 3.63) is 48.0 Å². The van der Waals surface area contributed by atoms with E-state index < -0.39 is 0 Å². The normalized spacial score (nSPS) is 20.3. The lowest BCUT2D eigenvalue weighted by Gasteiger charge is -2.34. The van der Waals surface area contributed by atoms with Gasteiger partial charge in [-0.05, 0) is 63.5 Å². The summed E-state index contributed by atoms with van der Waals surface area (Å²) in [5, 5.41) is 10.4. The molecule has 1 fully saturated rings. The van der Waals surface area contributed by atoms with Crippen LogP contribution in [0.5, 0.6) is 0 Å². The van der Waals surface area contributed by atoms with E-state index in [9.17, 15) is 9.59 Å². The zero-order chi connectivity index (χ0) is 20.8. The van der Waals surface area contributed by atoms with E-state index in [1.165, 1.54) is 0 Å². The fourth-order valence-electron chi connectivity index (χ4n) is 4.01. The van der Waals surface area contributed by atoms with E-state index in [0.29, 0.717) is 23.9 Å². The van der Waals surface area contributed by atoms with Crippen molar-refractivity contribution in [2.75, 3.05) is 6.54 Å². The molecule has 0 spiro atoms. The Labute approximate surface area is 172 Å². The first-order valence-corrected chi connectivity index (χ1v) is 10.4. The Kier molecular flexibility index (Phi) is 7.01. The highest BCUT2D eigenvalue weighted by atomic mass is 16.2. The van der Waals surface area contributed by atoms with Crippen LogP contribution in [0.3, 0.4) is 0 Å². The second-order valence-electron chi connectivity index (χ2n) is 8.23. The number of amides is 2. The van der Waals surface area contributed by atoms with Crippen LogP contribution in [0, 0.1) is 11.8 Å². The maximum atomic E-state index is 12.4. The first-order valence-electron chi connectivity index (χ1n) is 10.4. The topological polar surface area (TPSA) is 88.9 Å². The number of aromatic nitrogens is 3. The Morgan fingerprint density at radius 2 is 1.97 bits per heavy atom. The molecule has 156 valence electrons. The largest absolute Gasteiger partial charge is 0.352 e. The molecule has 1 aliphatic carbocycles. The number of nitrogens with one attached hydrogen (secondary N) is 2. The number of hydrogen-bond donors (Lipinski definition) is 2. The number of carbonyl (C=O) groups is 2. The van der Waals surface area contributed by atoms with E-state index in [1.807, 2.05) is 32.0 Å². The molecule has 0 radical (unpaired) electrons. The van der Waals surface area contributed by atoms with Gasteiger partial charge in [0.15, 0.2) is 0 Å². The summed E-state index contributed by atoms with van der Waals surface area (Å²) in [5.41, 5.74) is 1.52. The molecule has 0 unspecified atom stereocenters. The summed E-state index contributed by atoms with van der Waals surface area (Å²) in [5.74, 6) is 0.725. The summed E-state index contributed by atoms with van der Waals surface area (Å²) in [6, 6.07) is 6.01. The van der Waals surface area contributed by atoms with Crippen molar-refractivity contribution in [2.45, 2.75) is 58.5 Å². The minimum absolute atomic E-state index is 0.0306. The smallest absolute Gasteiger partial charge is 0.254 e. The van der Waals surface area contributed by atoms with Gasteiger partial charge < -0.3 is 10.6 Å². The van der Waals surface area contributed by atoms with Gasteiger partial charge in [0.1, 0.15) is 0 Å². The summed E-state index contributed by atoms with van der Waals surface area (Å²) >= 11 is 0. The van der Waals surface area contributed by atoms with Crippen molar-refractivity contribution < 1.29 is 9.59 Å². The van der Waals surface area contributed by atoms with Gasteiger partial charge in [0, 0.05) is 31.9 Å². The second-order valence-corrected chi connectivity index (χ2v) is 8.23. The van der Waals surface area contributed by atoms with Gasteiger partial charge in [-0.15, -0.1) is 0 Å². The molecule has 0 aromatic carbocycles. The molecule has 1 atom stereocenters. The molecule has 3 rings (SSSR count). The van der Waals surface area contributed by atoms with E-state index in [4.69, 9.17) is 0 Å². The molecule has 2 amide bonds. The average Bonchev–Trinajstić information content (AvgIpc) is 3.22. The van der Waals surface area contributed by atoms with Crippen molar-refractivity contribution >= 4 is 11.8 Å². The molecule has 29 heavy (non-hydrogen) atoms. The fraction of sp³-hybridized carbons (Fsp3) is 0.545. The lowest BCUT2D eigenvalue weighted by atomic mass is 9.77. The predicted octanol–water partition coefficient (Wildman–Crippen LogP) is 3.27. The highest BCUT2D eigenvalue weighted by Gasteiger charge is 2.30. The molecule has 1 aliphatic rings. The van der Waals surface area contributed by atoms with Crippen LogP contribution >= 0.6 is 0 Å². The number of nitrogens with zero attached hydrogens (tertiary/aromatic N) is 3. The Morgan fingerprint density at radius 3 is 2.55 bits per heavy atom. The molecule has 2 aromatic rings. The molecule has 7 heteroatoms. The van der Waals surface area contributed by atoms with Gasteiger partial charge in [-0.2, -0.15) is 5.10 Å². The van der Waals surface area contributed by atoms with E-state index in [-0.39, 0.29) is 23.9 Å². The van der Waals surface area contributed by atoms with Crippen LogP contribution < -0.4 is 10.6 Å². The maximum Gasteiger partial charge on any atom is 0.254 e. The Bertz CT molecular complexity index is 810. The van der Waals surface area contributed by atoms with Gasteiger partial charge in [0.2, 0.25) is 5.91 Å². The molecule has 7 nitrogen and oxygen atoms in total. The Balaban J connectivity index is 1.51. The van der Waals surface area contributed by atoms with Crippen LogP contribution in [0.4, 0.5) is 0 Å². The summed E-state index contributed by atoms with van der Waals surface area (Å²) in [4.78, 5) is 28.5. The standard InChI is InChI=1S/C22H31N5O2/c1-15(2)27-14-19(13-25-27)22(29)24-12-17-7-9-18(10-8-17)21(26-16(3)28)20-6-4-5-11-23-20/h4-6,11,13-15,17-18,21H,7-10,12H2,1-3H3,(H,24,29)(H,26,28)/t17?,18?,21-/m1/s1. The lowest BCUT2D eigenvalue weighted by molar-refractivity contribution is -0.120. The fourth-order valence-corrected chi connectivity index (χ4v) is 4.01. The van der Waals surface area contributed by atoms with Gasteiger partial charge in [-0.3, -0.25) is 19.3 Å². The highest BCUT2D eigenvalue weighted by molar-refractivity contribution is 5.93. The summed E-state index contributed by atoms with van der Waals surface area (Å²) in [6.45, 7) is 6.30. The summed E-state index contributed by atoms with van der Waals surface area (Å²) in [7, 11) is 0. The van der Waals surface area contributed by atoms with E-state index in [2.05, 4.69) is 20.7 Å². The quantitative estimate of drug-likeness (QED) is 0.750. The van der Waals surface area contributed by atoms with Crippen molar-refractivity contribution in [2.24, 2.45) is 11.8 Å². The Hall–Kier alpha value is -2.70. The lowest BCUT2D eigenvalue weighted by Crippen LogP contribution is -2.36. The van der Waals surface area contributed by atoms with Crippen LogP contribution in [0.15, 0.2) is 36.8 Å². The molecule has 2 aromatic heterocycles. The molecule has 2 N–H and O–H groups in total. The number of pyridine rings is 1. The summed E-state index contributed by atoms with van der Waals surface area (Å²) in [6.07, 6.45) is 9.25. The van der Waals surface area contributed by atoms with Crippen LogP contribution in [0.2, 0.25) is 0 Å². The molecule has 0 saturated heterocycles. The van der Waals surface area contributed by atoms with Crippen molar-refractivity contribution in [1.29, 1.82) is 0 Å². The minimum atomic E-state index is -0.0661. The molecular formula is C22H31N5O2. The SMILES string of the molecule is CC(=O)N[C@@H](c1ccccn1)C1CCC(CNC(=O)c2cnn(C(C)C)c2)CC1. The zero-order valence-corrected chi connectivity index (χ0v) is 17.5. The van der Waals surface area contributed by atoms with Crippen LogP contribution in [-0.2, 0) is 4.79 Å². The molecular weight excluding hydrogens is 366 g/mol. The summed E-state index contributed by atoms with van der Waals surface area (Å²) < 4.78 is 1.79. The molecule has 0 bridgehead atoms. The van der Waals surface area contributed by atoms with E-state index in [1.54, 1.807) is 30.2 Å². The zero-order valence-electron chi connectivity index (χ0n) is 17.5. The molecule has 1 saturated carbocycles. The molecule has 2 heterocycles. The van der Waals surface area contributed by atoms with Crippen LogP contribution in [0.1, 0.15) is 74.6 Å². The van der Waals surface area contributed by atoms with Crippen LogP contribution in [0.25, 0.3) is 0 Å². The van der Waals surface area contributed by atoms with Crippen LogP contribution in [-0.4, -0.2) is 33.1 Å². The molecule has 0 aliphatic heterocycles. The van der Waals surface area contributed by atoms with E-state index in [0.717, 1.165) is 31.4 Å². The van der Waals surface area contributed by atoms with Gasteiger partial charge in [-0.1, -0.05) is 6.07 Å². The number of hydrogen-bond acceptors (Lipinski definition) is 4. The third-order valence-corrected chi connectivity index (χ3v) is 5.67. The van der Waals surface area contributed by atoms with Gasteiger partial charge in [-0.25, -0.2) is 0 Å². The van der Waals surface area contributed by atoms with Gasteiger partial charge in [0.25, 0.3) is 5.91 Å². The van der Waals surface area contributed by atoms with Crippen molar-refractivity contribution in [1.82, 2.24) is 25.4 Å². The first kappa shape index (κ1) is 21.0. The first-order chi connectivity index (χ1) is 13.9. The van der Waals surface area contributed by atoms with Gasteiger partial charge >= 0.3 is 0 Å². The third kappa shape index (κ3) is 5.65. The Morgan fingerprint density at radius 1 is 1.21 bits per heavy atom. The van der Waals surface area contributed by atoms with Crippen molar-refractivity contribution in [3.63, 3.8) is 0 Å². The van der Waals surface area contributed by atoms with E-state index >= 15 is 0 Å². The highest BCUT2D eigenvalue weighted by Crippen LogP contribution is 2.36. The third-order valence-electron chi connectivity index (χ3n) is 5.67. The predicted molar refractivity (Wildman–Crippen MR) is 111 cm³/mol.